The molecule has 3 atom stereocenters. The Morgan fingerprint density at radius 2 is 1.86 bits per heavy atom. The third-order valence-corrected chi connectivity index (χ3v) is 5.32. The van der Waals surface area contributed by atoms with Crippen molar-refractivity contribution >= 4 is 0 Å². The van der Waals surface area contributed by atoms with Gasteiger partial charge in [-0.15, -0.1) is 0 Å². The van der Waals surface area contributed by atoms with Crippen LogP contribution in [0.15, 0.2) is 48.5 Å². The second-order valence-electron chi connectivity index (χ2n) is 6.42. The predicted octanol–water partition coefficient (Wildman–Crippen LogP) is 4.15. The van der Waals surface area contributed by atoms with Crippen LogP contribution < -0.4 is 0 Å². The molecule has 1 aliphatic heterocycles. The molecule has 21 heavy (non-hydrogen) atoms. The molecular weight excluding hydrogens is 261 g/mol. The van der Waals surface area contributed by atoms with Crippen LogP contribution in [-0.4, -0.2) is 24.5 Å². The minimum atomic E-state index is -0.133. The first-order valence-electron chi connectivity index (χ1n) is 7.78. The molecule has 1 nitrogen and oxygen atoms in total. The monoisotopic (exact) mass is 281 g/mol. The minimum absolute atomic E-state index is 0.133. The average molecular weight is 281 g/mol. The van der Waals surface area contributed by atoms with Crippen molar-refractivity contribution in [3.63, 3.8) is 0 Å². The van der Waals surface area contributed by atoms with Crippen LogP contribution in [0, 0.1) is 5.82 Å². The fraction of sp³-hybridized carbons (Fsp3) is 0.368. The second kappa shape index (κ2) is 4.96. The van der Waals surface area contributed by atoms with Gasteiger partial charge in [-0.25, -0.2) is 4.39 Å². The number of hydrogen-bond donors (Lipinski definition) is 0. The molecule has 0 saturated carbocycles. The third kappa shape index (κ3) is 2.09. The lowest BCUT2D eigenvalue weighted by Gasteiger charge is -2.37. The summed E-state index contributed by atoms with van der Waals surface area (Å²) in [5.74, 6) is 0.835. The molecule has 1 aliphatic carbocycles. The lowest BCUT2D eigenvalue weighted by Crippen LogP contribution is -2.34. The Morgan fingerprint density at radius 3 is 2.67 bits per heavy atom. The van der Waals surface area contributed by atoms with E-state index in [1.54, 1.807) is 6.07 Å². The summed E-state index contributed by atoms with van der Waals surface area (Å²) in [6, 6.07) is 16.5. The summed E-state index contributed by atoms with van der Waals surface area (Å²) in [6.45, 7) is 1.17. The van der Waals surface area contributed by atoms with Crippen molar-refractivity contribution in [2.75, 3.05) is 13.6 Å². The van der Waals surface area contributed by atoms with Gasteiger partial charge in [-0.05, 0) is 55.3 Å². The van der Waals surface area contributed by atoms with E-state index in [-0.39, 0.29) is 5.82 Å². The SMILES string of the molecule is CN1CCC2c3ccccc3C(c3cccc(F)c3)C[C@@H]21. The average Bonchev–Trinajstić information content (AvgIpc) is 2.88. The molecule has 108 valence electrons. The van der Waals surface area contributed by atoms with E-state index in [9.17, 15) is 4.39 Å². The van der Waals surface area contributed by atoms with Crippen LogP contribution in [0.1, 0.15) is 41.4 Å². The summed E-state index contributed by atoms with van der Waals surface area (Å²) in [6.07, 6.45) is 2.34. The van der Waals surface area contributed by atoms with Gasteiger partial charge >= 0.3 is 0 Å². The summed E-state index contributed by atoms with van der Waals surface area (Å²) in [4.78, 5) is 2.48. The zero-order chi connectivity index (χ0) is 14.4. The normalized spacial score (nSPS) is 28.2. The lowest BCUT2D eigenvalue weighted by atomic mass is 9.71. The summed E-state index contributed by atoms with van der Waals surface area (Å²) in [5, 5.41) is 0. The van der Waals surface area contributed by atoms with Crippen LogP contribution in [0.4, 0.5) is 4.39 Å². The Bertz CT molecular complexity index is 666. The highest BCUT2D eigenvalue weighted by Crippen LogP contribution is 2.47. The smallest absolute Gasteiger partial charge is 0.123 e. The first kappa shape index (κ1) is 13.0. The molecule has 0 bridgehead atoms. The van der Waals surface area contributed by atoms with Crippen molar-refractivity contribution in [2.24, 2.45) is 0 Å². The molecule has 0 radical (unpaired) electrons. The third-order valence-electron chi connectivity index (χ3n) is 5.32. The summed E-state index contributed by atoms with van der Waals surface area (Å²) >= 11 is 0. The van der Waals surface area contributed by atoms with Crippen LogP contribution in [-0.2, 0) is 0 Å². The van der Waals surface area contributed by atoms with E-state index in [4.69, 9.17) is 0 Å². The summed E-state index contributed by atoms with van der Waals surface area (Å²) in [5.41, 5.74) is 3.99. The van der Waals surface area contributed by atoms with Gasteiger partial charge in [0.1, 0.15) is 5.82 Å². The van der Waals surface area contributed by atoms with Gasteiger partial charge < -0.3 is 4.90 Å². The van der Waals surface area contributed by atoms with Gasteiger partial charge in [-0.3, -0.25) is 0 Å². The van der Waals surface area contributed by atoms with Gasteiger partial charge in [0, 0.05) is 17.9 Å². The number of hydrogen-bond acceptors (Lipinski definition) is 1. The Morgan fingerprint density at radius 1 is 1.05 bits per heavy atom. The molecule has 2 aliphatic rings. The maximum Gasteiger partial charge on any atom is 0.123 e. The van der Waals surface area contributed by atoms with Crippen molar-refractivity contribution in [2.45, 2.75) is 30.7 Å². The maximum absolute atomic E-state index is 13.6. The van der Waals surface area contributed by atoms with Crippen molar-refractivity contribution in [1.82, 2.24) is 4.90 Å². The van der Waals surface area contributed by atoms with Gasteiger partial charge in [0.25, 0.3) is 0 Å². The molecule has 2 aromatic carbocycles. The van der Waals surface area contributed by atoms with Gasteiger partial charge in [0.15, 0.2) is 0 Å². The van der Waals surface area contributed by atoms with Gasteiger partial charge in [0.2, 0.25) is 0 Å². The standard InChI is InChI=1S/C19H20FN/c1-21-10-9-17-15-7-2-3-8-16(15)18(12-19(17)21)13-5-4-6-14(20)11-13/h2-8,11,17-19H,9-10,12H2,1H3/t17?,18?,19-/m0/s1. The predicted molar refractivity (Wildman–Crippen MR) is 83.1 cm³/mol. The van der Waals surface area contributed by atoms with Gasteiger partial charge in [0.05, 0.1) is 0 Å². The zero-order valence-corrected chi connectivity index (χ0v) is 12.3. The van der Waals surface area contributed by atoms with Crippen molar-refractivity contribution in [3.05, 3.63) is 71.0 Å². The number of halogens is 1. The zero-order valence-electron chi connectivity index (χ0n) is 12.3. The van der Waals surface area contributed by atoms with Crippen LogP contribution in [0.25, 0.3) is 0 Å². The fourth-order valence-corrected chi connectivity index (χ4v) is 4.29. The minimum Gasteiger partial charge on any atom is -0.303 e. The maximum atomic E-state index is 13.6. The van der Waals surface area contributed by atoms with Crippen molar-refractivity contribution in [3.8, 4) is 0 Å². The van der Waals surface area contributed by atoms with E-state index in [2.05, 4.69) is 42.3 Å². The lowest BCUT2D eigenvalue weighted by molar-refractivity contribution is 0.265. The van der Waals surface area contributed by atoms with Crippen LogP contribution >= 0.6 is 0 Å². The van der Waals surface area contributed by atoms with Gasteiger partial charge in [-0.1, -0.05) is 36.4 Å². The van der Waals surface area contributed by atoms with Crippen LogP contribution in [0.5, 0.6) is 0 Å². The summed E-state index contributed by atoms with van der Waals surface area (Å²) < 4.78 is 13.6. The van der Waals surface area contributed by atoms with E-state index in [0.29, 0.717) is 17.9 Å². The second-order valence-corrected chi connectivity index (χ2v) is 6.42. The molecule has 1 fully saturated rings. The topological polar surface area (TPSA) is 3.24 Å². The van der Waals surface area contributed by atoms with E-state index in [0.717, 1.165) is 12.0 Å². The Labute approximate surface area is 125 Å². The molecule has 2 heteroatoms. The largest absolute Gasteiger partial charge is 0.303 e. The first-order valence-corrected chi connectivity index (χ1v) is 7.78. The van der Waals surface area contributed by atoms with Gasteiger partial charge in [-0.2, -0.15) is 0 Å². The van der Waals surface area contributed by atoms with E-state index in [1.165, 1.54) is 30.2 Å². The highest BCUT2D eigenvalue weighted by Gasteiger charge is 2.40. The number of nitrogens with zero attached hydrogens (tertiary/aromatic N) is 1. The Hall–Kier alpha value is -1.67. The Balaban J connectivity index is 1.83. The molecule has 0 amide bonds. The number of fused-ring (bicyclic) bond motifs is 3. The molecular formula is C19H20FN. The number of likely N-dealkylation sites (N-methyl/N-ethyl adjacent to an activating group) is 1. The van der Waals surface area contributed by atoms with Crippen molar-refractivity contribution < 1.29 is 4.39 Å². The first-order chi connectivity index (χ1) is 10.2. The quantitative estimate of drug-likeness (QED) is 0.759. The van der Waals surface area contributed by atoms with E-state index >= 15 is 0 Å². The number of likely N-dealkylation sites (tertiary alicyclic amines) is 1. The number of benzene rings is 2. The highest BCUT2D eigenvalue weighted by molar-refractivity contribution is 5.44. The molecule has 0 spiro atoms. The van der Waals surface area contributed by atoms with Crippen molar-refractivity contribution in [1.29, 1.82) is 0 Å². The number of rotatable bonds is 1. The van der Waals surface area contributed by atoms with Crippen LogP contribution in [0.3, 0.4) is 0 Å². The van der Waals surface area contributed by atoms with E-state index in [1.807, 2.05) is 6.07 Å². The molecule has 4 rings (SSSR count). The molecule has 0 N–H and O–H groups in total. The van der Waals surface area contributed by atoms with E-state index < -0.39 is 0 Å². The molecule has 2 unspecified atom stereocenters. The molecule has 1 saturated heterocycles. The molecule has 2 aromatic rings. The summed E-state index contributed by atoms with van der Waals surface area (Å²) in [7, 11) is 2.22. The Kier molecular flexibility index (Phi) is 3.07. The van der Waals surface area contributed by atoms with Crippen LogP contribution in [0.2, 0.25) is 0 Å². The molecule has 0 aromatic heterocycles. The fourth-order valence-electron chi connectivity index (χ4n) is 4.29. The molecule has 1 heterocycles. The highest BCUT2D eigenvalue weighted by atomic mass is 19.1.